The Bertz CT molecular complexity index is 505. The second-order valence-corrected chi connectivity index (χ2v) is 4.83. The first-order valence-corrected chi connectivity index (χ1v) is 6.36. The summed E-state index contributed by atoms with van der Waals surface area (Å²) in [5, 5.41) is 1.18. The SMILES string of the molecule is CC(C)OCC(N)Cc1ccnc2ccccc12. The monoisotopic (exact) mass is 244 g/mol. The van der Waals surface area contributed by atoms with Gasteiger partial charge in [0, 0.05) is 17.6 Å². The van der Waals surface area contributed by atoms with Crippen molar-refractivity contribution in [3.05, 3.63) is 42.1 Å². The van der Waals surface area contributed by atoms with Crippen molar-refractivity contribution in [2.45, 2.75) is 32.4 Å². The Morgan fingerprint density at radius 1 is 1.22 bits per heavy atom. The standard InChI is InChI=1S/C15H20N2O/c1-11(2)18-10-13(16)9-12-7-8-17-15-6-4-3-5-14(12)15/h3-8,11,13H,9-10,16H2,1-2H3. The van der Waals surface area contributed by atoms with Crippen LogP contribution in [0, 0.1) is 0 Å². The van der Waals surface area contributed by atoms with Gasteiger partial charge in [-0.25, -0.2) is 0 Å². The molecular formula is C15H20N2O. The third-order valence-electron chi connectivity index (χ3n) is 2.87. The molecule has 0 amide bonds. The van der Waals surface area contributed by atoms with Crippen LogP contribution in [0.4, 0.5) is 0 Å². The molecule has 0 saturated carbocycles. The summed E-state index contributed by atoms with van der Waals surface area (Å²) in [5.74, 6) is 0. The molecule has 0 spiro atoms. The van der Waals surface area contributed by atoms with Crippen LogP contribution in [0.5, 0.6) is 0 Å². The Balaban J connectivity index is 2.11. The summed E-state index contributed by atoms with van der Waals surface area (Å²) in [4.78, 5) is 4.35. The molecule has 1 heterocycles. The molecule has 2 aromatic rings. The van der Waals surface area contributed by atoms with Crippen molar-refractivity contribution in [3.63, 3.8) is 0 Å². The van der Waals surface area contributed by atoms with Crippen LogP contribution in [-0.2, 0) is 11.2 Å². The summed E-state index contributed by atoms with van der Waals surface area (Å²) in [6.07, 6.45) is 2.88. The number of fused-ring (bicyclic) bond motifs is 1. The number of para-hydroxylation sites is 1. The molecule has 0 fully saturated rings. The zero-order valence-corrected chi connectivity index (χ0v) is 11.0. The molecule has 2 rings (SSSR count). The second kappa shape index (κ2) is 5.94. The number of aromatic nitrogens is 1. The summed E-state index contributed by atoms with van der Waals surface area (Å²) in [7, 11) is 0. The zero-order valence-electron chi connectivity index (χ0n) is 11.0. The van der Waals surface area contributed by atoms with E-state index >= 15 is 0 Å². The maximum absolute atomic E-state index is 6.10. The summed E-state index contributed by atoms with van der Waals surface area (Å²) in [5.41, 5.74) is 8.36. The van der Waals surface area contributed by atoms with Gasteiger partial charge in [-0.3, -0.25) is 4.98 Å². The van der Waals surface area contributed by atoms with Crippen LogP contribution in [-0.4, -0.2) is 23.7 Å². The predicted molar refractivity (Wildman–Crippen MR) is 74.5 cm³/mol. The molecule has 18 heavy (non-hydrogen) atoms. The molecule has 3 heteroatoms. The molecule has 1 aromatic heterocycles. The van der Waals surface area contributed by atoms with Crippen LogP contribution in [0.1, 0.15) is 19.4 Å². The van der Waals surface area contributed by atoms with Crippen LogP contribution < -0.4 is 5.73 Å². The summed E-state index contributed by atoms with van der Waals surface area (Å²) < 4.78 is 5.55. The highest BCUT2D eigenvalue weighted by molar-refractivity contribution is 5.81. The lowest BCUT2D eigenvalue weighted by Gasteiger charge is -2.15. The third-order valence-corrected chi connectivity index (χ3v) is 2.87. The van der Waals surface area contributed by atoms with Gasteiger partial charge in [-0.05, 0) is 38.0 Å². The molecule has 0 bridgehead atoms. The molecule has 1 unspecified atom stereocenters. The molecule has 3 nitrogen and oxygen atoms in total. The van der Waals surface area contributed by atoms with E-state index in [2.05, 4.69) is 11.1 Å². The van der Waals surface area contributed by atoms with Gasteiger partial charge < -0.3 is 10.5 Å². The fraction of sp³-hybridized carbons (Fsp3) is 0.400. The van der Waals surface area contributed by atoms with Crippen molar-refractivity contribution < 1.29 is 4.74 Å². The molecule has 1 atom stereocenters. The van der Waals surface area contributed by atoms with Gasteiger partial charge in [-0.1, -0.05) is 18.2 Å². The van der Waals surface area contributed by atoms with Gasteiger partial charge in [-0.15, -0.1) is 0 Å². The molecule has 0 aliphatic rings. The average molecular weight is 244 g/mol. The fourth-order valence-electron chi connectivity index (χ4n) is 1.99. The van der Waals surface area contributed by atoms with Gasteiger partial charge in [-0.2, -0.15) is 0 Å². The lowest BCUT2D eigenvalue weighted by molar-refractivity contribution is 0.0684. The van der Waals surface area contributed by atoms with Gasteiger partial charge in [0.15, 0.2) is 0 Å². The lowest BCUT2D eigenvalue weighted by Crippen LogP contribution is -2.30. The van der Waals surface area contributed by atoms with Crippen molar-refractivity contribution in [1.82, 2.24) is 4.98 Å². The van der Waals surface area contributed by atoms with E-state index in [-0.39, 0.29) is 12.1 Å². The quantitative estimate of drug-likeness (QED) is 0.879. The topological polar surface area (TPSA) is 48.1 Å². The number of nitrogens with two attached hydrogens (primary N) is 1. The molecule has 96 valence electrons. The Labute approximate surface area is 108 Å². The molecule has 2 N–H and O–H groups in total. The van der Waals surface area contributed by atoms with E-state index in [1.54, 1.807) is 0 Å². The van der Waals surface area contributed by atoms with Crippen molar-refractivity contribution >= 4 is 10.9 Å². The number of pyridine rings is 1. The Morgan fingerprint density at radius 2 is 2.00 bits per heavy atom. The first-order chi connectivity index (χ1) is 8.66. The number of nitrogens with zero attached hydrogens (tertiary/aromatic N) is 1. The highest BCUT2D eigenvalue weighted by atomic mass is 16.5. The maximum Gasteiger partial charge on any atom is 0.0704 e. The number of ether oxygens (including phenoxy) is 1. The number of rotatable bonds is 5. The minimum absolute atomic E-state index is 0.0261. The van der Waals surface area contributed by atoms with Crippen LogP contribution in [0.2, 0.25) is 0 Å². The first-order valence-electron chi connectivity index (χ1n) is 6.36. The third kappa shape index (κ3) is 3.28. The molecule has 0 aliphatic heterocycles. The molecule has 1 aromatic carbocycles. The average Bonchev–Trinajstić information content (AvgIpc) is 2.37. The normalized spacial score (nSPS) is 13.1. The highest BCUT2D eigenvalue weighted by Gasteiger charge is 2.08. The largest absolute Gasteiger partial charge is 0.377 e. The Hall–Kier alpha value is -1.45. The van der Waals surface area contributed by atoms with Crippen LogP contribution in [0.25, 0.3) is 10.9 Å². The van der Waals surface area contributed by atoms with Gasteiger partial charge in [0.2, 0.25) is 0 Å². The van der Waals surface area contributed by atoms with Crippen LogP contribution in [0.3, 0.4) is 0 Å². The van der Waals surface area contributed by atoms with Crippen LogP contribution in [0.15, 0.2) is 36.5 Å². The van der Waals surface area contributed by atoms with Gasteiger partial charge in [0.25, 0.3) is 0 Å². The van der Waals surface area contributed by atoms with E-state index < -0.39 is 0 Å². The minimum atomic E-state index is 0.0261. The van der Waals surface area contributed by atoms with E-state index in [0.29, 0.717) is 6.61 Å². The van der Waals surface area contributed by atoms with Crippen molar-refractivity contribution in [1.29, 1.82) is 0 Å². The lowest BCUT2D eigenvalue weighted by atomic mass is 10.0. The van der Waals surface area contributed by atoms with Crippen molar-refractivity contribution in [2.24, 2.45) is 5.73 Å². The minimum Gasteiger partial charge on any atom is -0.377 e. The molecular weight excluding hydrogens is 224 g/mol. The number of benzene rings is 1. The molecule has 0 aliphatic carbocycles. The summed E-state index contributed by atoms with van der Waals surface area (Å²) in [6, 6.07) is 10.2. The van der Waals surface area contributed by atoms with Crippen LogP contribution >= 0.6 is 0 Å². The predicted octanol–water partition coefficient (Wildman–Crippen LogP) is 2.53. The van der Waals surface area contributed by atoms with E-state index in [0.717, 1.165) is 11.9 Å². The number of hydrogen-bond acceptors (Lipinski definition) is 3. The number of hydrogen-bond donors (Lipinski definition) is 1. The van der Waals surface area contributed by atoms with Gasteiger partial charge >= 0.3 is 0 Å². The van der Waals surface area contributed by atoms with E-state index in [1.807, 2.05) is 44.3 Å². The maximum atomic E-state index is 6.10. The van der Waals surface area contributed by atoms with E-state index in [1.165, 1.54) is 10.9 Å². The smallest absolute Gasteiger partial charge is 0.0704 e. The summed E-state index contributed by atoms with van der Waals surface area (Å²) in [6.45, 7) is 4.64. The summed E-state index contributed by atoms with van der Waals surface area (Å²) >= 11 is 0. The molecule has 0 saturated heterocycles. The fourth-order valence-corrected chi connectivity index (χ4v) is 1.99. The Kier molecular flexibility index (Phi) is 4.28. The Morgan fingerprint density at radius 3 is 2.78 bits per heavy atom. The highest BCUT2D eigenvalue weighted by Crippen LogP contribution is 2.17. The second-order valence-electron chi connectivity index (χ2n) is 4.83. The zero-order chi connectivity index (χ0) is 13.0. The van der Waals surface area contributed by atoms with Gasteiger partial charge in [0.1, 0.15) is 0 Å². The first kappa shape index (κ1) is 13.0. The van der Waals surface area contributed by atoms with Crippen molar-refractivity contribution in [2.75, 3.05) is 6.61 Å². The van der Waals surface area contributed by atoms with E-state index in [4.69, 9.17) is 10.5 Å². The van der Waals surface area contributed by atoms with Crippen molar-refractivity contribution in [3.8, 4) is 0 Å². The van der Waals surface area contributed by atoms with E-state index in [9.17, 15) is 0 Å². The van der Waals surface area contributed by atoms with Gasteiger partial charge in [0.05, 0.1) is 18.2 Å². The molecule has 0 radical (unpaired) electrons.